The molecular formula is C24H21FN2O2S. The number of benzene rings is 3. The fourth-order valence-corrected chi connectivity index (χ4v) is 4.53. The van der Waals surface area contributed by atoms with Gasteiger partial charge in [-0.05, 0) is 61.4 Å². The van der Waals surface area contributed by atoms with E-state index in [1.54, 1.807) is 36.1 Å². The molecule has 2 amide bonds. The number of halogens is 1. The lowest BCUT2D eigenvalue weighted by Gasteiger charge is -2.25. The van der Waals surface area contributed by atoms with Gasteiger partial charge in [-0.3, -0.25) is 14.5 Å². The fourth-order valence-electron chi connectivity index (χ4n) is 3.36. The van der Waals surface area contributed by atoms with Crippen molar-refractivity contribution in [3.05, 3.63) is 94.8 Å². The molecule has 3 aromatic rings. The molecule has 1 atom stereocenters. The number of nitrogens with zero attached hydrogens (tertiary/aromatic N) is 1. The highest BCUT2D eigenvalue weighted by Crippen LogP contribution is 2.42. The first-order chi connectivity index (χ1) is 14.4. The largest absolute Gasteiger partial charge is 0.322 e. The van der Waals surface area contributed by atoms with Gasteiger partial charge < -0.3 is 5.32 Å². The molecule has 0 spiro atoms. The summed E-state index contributed by atoms with van der Waals surface area (Å²) in [5, 5.41) is 2.63. The minimum atomic E-state index is -0.338. The van der Waals surface area contributed by atoms with E-state index in [0.717, 1.165) is 11.1 Å². The van der Waals surface area contributed by atoms with E-state index in [2.05, 4.69) is 5.32 Å². The smallest absolute Gasteiger partial charge is 0.255 e. The summed E-state index contributed by atoms with van der Waals surface area (Å²) < 4.78 is 14.1. The summed E-state index contributed by atoms with van der Waals surface area (Å²) in [6, 6.07) is 19.6. The molecule has 0 aromatic heterocycles. The minimum Gasteiger partial charge on any atom is -0.322 e. The van der Waals surface area contributed by atoms with Crippen LogP contribution in [-0.2, 0) is 4.79 Å². The van der Waals surface area contributed by atoms with Crippen LogP contribution < -0.4 is 10.2 Å². The van der Waals surface area contributed by atoms with Gasteiger partial charge in [0.2, 0.25) is 5.91 Å². The van der Waals surface area contributed by atoms with Crippen LogP contribution in [0.2, 0.25) is 0 Å². The number of thioether (sulfide) groups is 1. The van der Waals surface area contributed by atoms with Gasteiger partial charge in [0.15, 0.2) is 0 Å². The van der Waals surface area contributed by atoms with E-state index in [0.29, 0.717) is 28.3 Å². The Morgan fingerprint density at radius 3 is 2.57 bits per heavy atom. The summed E-state index contributed by atoms with van der Waals surface area (Å²) in [6.45, 7) is 3.66. The van der Waals surface area contributed by atoms with Gasteiger partial charge in [-0.1, -0.05) is 35.9 Å². The zero-order valence-electron chi connectivity index (χ0n) is 16.7. The van der Waals surface area contributed by atoms with Gasteiger partial charge in [-0.15, -0.1) is 11.8 Å². The molecule has 1 aliphatic heterocycles. The summed E-state index contributed by atoms with van der Waals surface area (Å²) in [7, 11) is 0. The average molecular weight is 421 g/mol. The van der Waals surface area contributed by atoms with Crippen molar-refractivity contribution in [2.75, 3.05) is 16.0 Å². The highest BCUT2D eigenvalue weighted by Gasteiger charge is 2.34. The molecule has 1 heterocycles. The Kier molecular flexibility index (Phi) is 5.59. The minimum absolute atomic E-state index is 0.0673. The van der Waals surface area contributed by atoms with Crippen molar-refractivity contribution in [1.29, 1.82) is 0 Å². The molecule has 4 nitrogen and oxygen atoms in total. The van der Waals surface area contributed by atoms with Crippen LogP contribution in [0, 0.1) is 19.7 Å². The second-order valence-corrected chi connectivity index (χ2v) is 8.37. The maximum Gasteiger partial charge on any atom is 0.255 e. The van der Waals surface area contributed by atoms with Gasteiger partial charge >= 0.3 is 0 Å². The molecule has 152 valence electrons. The quantitative estimate of drug-likeness (QED) is 0.609. The second kappa shape index (κ2) is 8.32. The number of hydrogen-bond acceptors (Lipinski definition) is 3. The van der Waals surface area contributed by atoms with Crippen molar-refractivity contribution in [3.63, 3.8) is 0 Å². The number of rotatable bonds is 4. The summed E-state index contributed by atoms with van der Waals surface area (Å²) in [5.74, 6) is -0.280. The maximum absolute atomic E-state index is 14.1. The Balaban J connectivity index is 1.59. The van der Waals surface area contributed by atoms with E-state index in [9.17, 15) is 14.0 Å². The van der Waals surface area contributed by atoms with E-state index >= 15 is 0 Å². The monoisotopic (exact) mass is 420 g/mol. The first-order valence-electron chi connectivity index (χ1n) is 9.60. The molecule has 1 saturated heterocycles. The molecule has 6 heteroatoms. The molecule has 0 bridgehead atoms. The van der Waals surface area contributed by atoms with Crippen molar-refractivity contribution >= 4 is 35.0 Å². The molecule has 1 N–H and O–H groups in total. The third kappa shape index (κ3) is 4.09. The number of hydrogen-bond donors (Lipinski definition) is 1. The summed E-state index contributed by atoms with van der Waals surface area (Å²) in [6.07, 6.45) is 0. The van der Waals surface area contributed by atoms with Crippen molar-refractivity contribution in [2.24, 2.45) is 0 Å². The first kappa shape index (κ1) is 20.2. The molecule has 3 aromatic carbocycles. The van der Waals surface area contributed by atoms with Gasteiger partial charge in [-0.2, -0.15) is 0 Å². The molecule has 0 radical (unpaired) electrons. The lowest BCUT2D eigenvalue weighted by molar-refractivity contribution is -0.115. The van der Waals surface area contributed by atoms with Crippen molar-refractivity contribution in [1.82, 2.24) is 0 Å². The Labute approximate surface area is 179 Å². The lowest BCUT2D eigenvalue weighted by atomic mass is 10.1. The molecular weight excluding hydrogens is 399 g/mol. The fraction of sp³-hybridized carbons (Fsp3) is 0.167. The van der Waals surface area contributed by atoms with Crippen molar-refractivity contribution < 1.29 is 14.0 Å². The number of carbonyl (C=O) groups is 2. The van der Waals surface area contributed by atoms with Gasteiger partial charge in [0.05, 0.1) is 5.75 Å². The van der Waals surface area contributed by atoms with E-state index in [-0.39, 0.29) is 23.0 Å². The van der Waals surface area contributed by atoms with E-state index < -0.39 is 0 Å². The number of amides is 2. The van der Waals surface area contributed by atoms with Crippen molar-refractivity contribution in [2.45, 2.75) is 19.2 Å². The third-order valence-corrected chi connectivity index (χ3v) is 6.26. The van der Waals surface area contributed by atoms with Gasteiger partial charge in [0.25, 0.3) is 5.91 Å². The van der Waals surface area contributed by atoms with Crippen LogP contribution in [0.5, 0.6) is 0 Å². The zero-order chi connectivity index (χ0) is 21.3. The Bertz CT molecular complexity index is 1110. The number of aryl methyl sites for hydroxylation is 2. The van der Waals surface area contributed by atoms with Crippen LogP contribution >= 0.6 is 11.8 Å². The van der Waals surface area contributed by atoms with Crippen LogP contribution in [0.15, 0.2) is 66.7 Å². The summed E-state index contributed by atoms with van der Waals surface area (Å²) in [4.78, 5) is 26.7. The molecule has 0 aliphatic carbocycles. The summed E-state index contributed by atoms with van der Waals surface area (Å²) >= 11 is 1.48. The standard InChI is InChI=1S/C24H21FN2O2S/c1-15-6-9-17(10-7-15)23(29)26-19-5-3-4-18(12-19)24-27(22(28)14-30-24)20-11-8-16(2)21(25)13-20/h3-13,24H,14H2,1-2H3,(H,26,29). The van der Waals surface area contributed by atoms with E-state index in [4.69, 9.17) is 0 Å². The predicted molar refractivity (Wildman–Crippen MR) is 119 cm³/mol. The SMILES string of the molecule is Cc1ccc(C(=O)Nc2cccc(C3SCC(=O)N3c3ccc(C)c(F)c3)c2)cc1. The number of anilines is 2. The maximum atomic E-state index is 14.1. The number of carbonyl (C=O) groups excluding carboxylic acids is 2. The normalized spacial score (nSPS) is 16.0. The first-order valence-corrected chi connectivity index (χ1v) is 10.6. The highest BCUT2D eigenvalue weighted by atomic mass is 32.2. The van der Waals surface area contributed by atoms with Gasteiger partial charge in [0, 0.05) is 16.9 Å². The topological polar surface area (TPSA) is 49.4 Å². The predicted octanol–water partition coefficient (Wildman–Crippen LogP) is 5.47. The highest BCUT2D eigenvalue weighted by molar-refractivity contribution is 8.00. The summed E-state index contributed by atoms with van der Waals surface area (Å²) in [5.41, 5.74) is 4.25. The lowest BCUT2D eigenvalue weighted by Crippen LogP contribution is -2.28. The second-order valence-electron chi connectivity index (χ2n) is 7.31. The Hall–Kier alpha value is -3.12. The molecule has 0 saturated carbocycles. The van der Waals surface area contributed by atoms with Gasteiger partial charge in [0.1, 0.15) is 11.2 Å². The molecule has 4 rings (SSSR count). The average Bonchev–Trinajstić information content (AvgIpc) is 3.12. The molecule has 1 fully saturated rings. The number of nitrogens with one attached hydrogen (secondary N) is 1. The molecule has 1 unspecified atom stereocenters. The van der Waals surface area contributed by atoms with E-state index in [1.165, 1.54) is 17.8 Å². The van der Waals surface area contributed by atoms with Crippen LogP contribution in [0.1, 0.15) is 32.4 Å². The zero-order valence-corrected chi connectivity index (χ0v) is 17.5. The van der Waals surface area contributed by atoms with Crippen LogP contribution in [0.25, 0.3) is 0 Å². The molecule has 30 heavy (non-hydrogen) atoms. The van der Waals surface area contributed by atoms with Crippen LogP contribution in [-0.4, -0.2) is 17.6 Å². The Morgan fingerprint density at radius 1 is 1.07 bits per heavy atom. The van der Waals surface area contributed by atoms with E-state index in [1.807, 2.05) is 43.3 Å². The van der Waals surface area contributed by atoms with Gasteiger partial charge in [-0.25, -0.2) is 4.39 Å². The van der Waals surface area contributed by atoms with Crippen LogP contribution in [0.4, 0.5) is 15.8 Å². The third-order valence-electron chi connectivity index (χ3n) is 5.04. The van der Waals surface area contributed by atoms with Crippen molar-refractivity contribution in [3.8, 4) is 0 Å². The molecule has 1 aliphatic rings. The van der Waals surface area contributed by atoms with Crippen LogP contribution in [0.3, 0.4) is 0 Å². The Morgan fingerprint density at radius 2 is 1.83 bits per heavy atom.